The molecule has 8 heavy (non-hydrogen) atoms. The molecule has 0 radical (unpaired) electrons. The molecule has 0 bridgehead atoms. The van der Waals surface area contributed by atoms with Gasteiger partial charge >= 0.3 is 0 Å². The maximum atomic E-state index is 10.2. The van der Waals surface area contributed by atoms with E-state index in [2.05, 4.69) is 0 Å². The summed E-state index contributed by atoms with van der Waals surface area (Å²) in [6, 6.07) is 0. The highest BCUT2D eigenvalue weighted by molar-refractivity contribution is 5.76. The van der Waals surface area contributed by atoms with E-state index in [4.69, 9.17) is 10.8 Å². The summed E-state index contributed by atoms with van der Waals surface area (Å²) < 4.78 is 0. The summed E-state index contributed by atoms with van der Waals surface area (Å²) in [5.41, 5.74) is 4.84. The number of amides is 1. The van der Waals surface area contributed by atoms with Gasteiger partial charge in [0.15, 0.2) is 0 Å². The summed E-state index contributed by atoms with van der Waals surface area (Å²) in [6.07, 6.45) is -0.632. The summed E-state index contributed by atoms with van der Waals surface area (Å²) in [5, 5.41) is 8.69. The molecule has 2 atom stereocenters. The first kappa shape index (κ1) is 7.43. The van der Waals surface area contributed by atoms with Crippen LogP contribution in [0.1, 0.15) is 13.8 Å². The van der Waals surface area contributed by atoms with E-state index >= 15 is 0 Å². The zero-order valence-corrected chi connectivity index (χ0v) is 5.09. The Morgan fingerprint density at radius 3 is 2.00 bits per heavy atom. The lowest BCUT2D eigenvalue weighted by Crippen LogP contribution is -2.28. The second kappa shape index (κ2) is 2.67. The Bertz CT molecular complexity index is 90.4. The van der Waals surface area contributed by atoms with Gasteiger partial charge in [-0.2, -0.15) is 0 Å². The van der Waals surface area contributed by atoms with Crippen molar-refractivity contribution < 1.29 is 9.90 Å². The summed E-state index contributed by atoms with van der Waals surface area (Å²) in [7, 11) is 0. The number of primary amides is 1. The third-order valence-corrected chi connectivity index (χ3v) is 1.17. The van der Waals surface area contributed by atoms with Crippen LogP contribution in [0.3, 0.4) is 0 Å². The van der Waals surface area contributed by atoms with Crippen LogP contribution >= 0.6 is 0 Å². The zero-order chi connectivity index (χ0) is 6.73. The van der Waals surface area contributed by atoms with E-state index in [0.29, 0.717) is 0 Å². The van der Waals surface area contributed by atoms with Gasteiger partial charge in [0.25, 0.3) is 0 Å². The largest absolute Gasteiger partial charge is 0.393 e. The van der Waals surface area contributed by atoms with Crippen LogP contribution in [0.15, 0.2) is 0 Å². The number of hydrogen-bond acceptors (Lipinski definition) is 2. The molecule has 0 aliphatic heterocycles. The molecule has 0 saturated carbocycles. The van der Waals surface area contributed by atoms with Gasteiger partial charge in [-0.15, -0.1) is 0 Å². The van der Waals surface area contributed by atoms with Crippen molar-refractivity contribution in [2.75, 3.05) is 0 Å². The van der Waals surface area contributed by atoms with Crippen LogP contribution in [0.5, 0.6) is 0 Å². The van der Waals surface area contributed by atoms with Crippen molar-refractivity contribution >= 4 is 5.91 Å². The van der Waals surface area contributed by atoms with Crippen molar-refractivity contribution in [2.45, 2.75) is 20.0 Å². The fourth-order valence-corrected chi connectivity index (χ4v) is 0.238. The van der Waals surface area contributed by atoms with Crippen molar-refractivity contribution in [3.05, 3.63) is 0 Å². The molecule has 0 aliphatic rings. The molecule has 0 aliphatic carbocycles. The number of aliphatic hydroxyl groups excluding tert-OH is 1. The second-order valence-corrected chi connectivity index (χ2v) is 1.93. The molecule has 0 aromatic carbocycles. The molecule has 0 heterocycles. The van der Waals surface area contributed by atoms with Crippen molar-refractivity contribution in [1.82, 2.24) is 0 Å². The number of carbonyl (C=O) groups excluding carboxylic acids is 1. The topological polar surface area (TPSA) is 63.3 Å². The van der Waals surface area contributed by atoms with E-state index in [1.807, 2.05) is 0 Å². The van der Waals surface area contributed by atoms with E-state index in [-0.39, 0.29) is 0 Å². The standard InChI is InChI=1S/C5H11NO2/c1-3(4(2)7)5(6)8/h3-4,7H,1-2H3,(H2,6,8). The van der Waals surface area contributed by atoms with E-state index in [9.17, 15) is 4.79 Å². The van der Waals surface area contributed by atoms with Crippen LogP contribution in [0.2, 0.25) is 0 Å². The van der Waals surface area contributed by atoms with Crippen LogP contribution in [-0.2, 0) is 4.79 Å². The smallest absolute Gasteiger partial charge is 0.222 e. The minimum absolute atomic E-state index is 0.435. The first-order chi connectivity index (χ1) is 3.55. The van der Waals surface area contributed by atoms with Crippen LogP contribution < -0.4 is 5.73 Å². The summed E-state index contributed by atoms with van der Waals surface area (Å²) in [4.78, 5) is 10.2. The first-order valence-electron chi connectivity index (χ1n) is 2.53. The average Bonchev–Trinajstić information content (AvgIpc) is 1.64. The zero-order valence-electron chi connectivity index (χ0n) is 5.09. The summed E-state index contributed by atoms with van der Waals surface area (Å²) >= 11 is 0. The van der Waals surface area contributed by atoms with E-state index in [1.165, 1.54) is 6.92 Å². The highest BCUT2D eigenvalue weighted by Gasteiger charge is 2.13. The van der Waals surface area contributed by atoms with Gasteiger partial charge in [0.1, 0.15) is 0 Å². The van der Waals surface area contributed by atoms with Gasteiger partial charge < -0.3 is 10.8 Å². The Morgan fingerprint density at radius 2 is 2.00 bits per heavy atom. The number of hydrogen-bond donors (Lipinski definition) is 2. The number of aliphatic hydroxyl groups is 1. The monoisotopic (exact) mass is 117 g/mol. The van der Waals surface area contributed by atoms with E-state index < -0.39 is 17.9 Å². The van der Waals surface area contributed by atoms with Gasteiger partial charge in [-0.05, 0) is 6.92 Å². The molecule has 0 spiro atoms. The van der Waals surface area contributed by atoms with Gasteiger partial charge in [0.2, 0.25) is 5.91 Å². The highest BCUT2D eigenvalue weighted by atomic mass is 16.3. The van der Waals surface area contributed by atoms with Crippen molar-refractivity contribution in [3.63, 3.8) is 0 Å². The quantitative estimate of drug-likeness (QED) is 0.511. The van der Waals surface area contributed by atoms with Crippen LogP contribution in [0, 0.1) is 5.92 Å². The Kier molecular flexibility index (Phi) is 2.48. The minimum Gasteiger partial charge on any atom is -0.393 e. The van der Waals surface area contributed by atoms with Crippen molar-refractivity contribution in [3.8, 4) is 0 Å². The molecule has 0 saturated heterocycles. The molecular formula is C5H11NO2. The Labute approximate surface area is 48.5 Å². The summed E-state index contributed by atoms with van der Waals surface area (Å²) in [6.45, 7) is 3.13. The molecule has 0 rings (SSSR count). The Hall–Kier alpha value is -0.570. The predicted octanol–water partition coefficient (Wildman–Crippen LogP) is -0.511. The molecule has 48 valence electrons. The lowest BCUT2D eigenvalue weighted by molar-refractivity contribution is -0.124. The molecule has 0 aromatic rings. The van der Waals surface area contributed by atoms with Gasteiger partial charge in [-0.25, -0.2) is 0 Å². The average molecular weight is 117 g/mol. The second-order valence-electron chi connectivity index (χ2n) is 1.93. The fourth-order valence-electron chi connectivity index (χ4n) is 0.238. The van der Waals surface area contributed by atoms with Gasteiger partial charge in [-0.1, -0.05) is 6.92 Å². The van der Waals surface area contributed by atoms with Crippen LogP contribution in [-0.4, -0.2) is 17.1 Å². The molecular weight excluding hydrogens is 106 g/mol. The summed E-state index contributed by atoms with van der Waals surface area (Å²) in [5.74, 6) is -0.894. The molecule has 3 heteroatoms. The molecule has 1 amide bonds. The predicted molar refractivity (Wildman–Crippen MR) is 30.0 cm³/mol. The molecule has 0 aromatic heterocycles. The Morgan fingerprint density at radius 1 is 1.62 bits per heavy atom. The fraction of sp³-hybridized carbons (Fsp3) is 0.800. The minimum atomic E-state index is -0.632. The van der Waals surface area contributed by atoms with Crippen molar-refractivity contribution in [1.29, 1.82) is 0 Å². The van der Waals surface area contributed by atoms with Crippen molar-refractivity contribution in [2.24, 2.45) is 11.7 Å². The SMILES string of the molecule is CC(O)C(C)C(N)=O. The number of nitrogens with two attached hydrogens (primary N) is 1. The maximum absolute atomic E-state index is 10.2. The lowest BCUT2D eigenvalue weighted by Gasteiger charge is -2.08. The normalized spacial score (nSPS) is 17.4. The molecule has 3 N–H and O–H groups in total. The van der Waals surface area contributed by atoms with Gasteiger partial charge in [-0.3, -0.25) is 4.79 Å². The molecule has 3 nitrogen and oxygen atoms in total. The van der Waals surface area contributed by atoms with Crippen LogP contribution in [0.25, 0.3) is 0 Å². The first-order valence-corrected chi connectivity index (χ1v) is 2.53. The van der Waals surface area contributed by atoms with Gasteiger partial charge in [0, 0.05) is 0 Å². The van der Waals surface area contributed by atoms with Gasteiger partial charge in [0.05, 0.1) is 12.0 Å². The van der Waals surface area contributed by atoms with E-state index in [0.717, 1.165) is 0 Å². The third-order valence-electron chi connectivity index (χ3n) is 1.17. The number of carbonyl (C=O) groups is 1. The Balaban J connectivity index is 3.64. The number of rotatable bonds is 2. The molecule has 0 fully saturated rings. The lowest BCUT2D eigenvalue weighted by atomic mass is 10.1. The third kappa shape index (κ3) is 1.93. The maximum Gasteiger partial charge on any atom is 0.222 e. The highest BCUT2D eigenvalue weighted by Crippen LogP contribution is 1.98. The van der Waals surface area contributed by atoms with E-state index in [1.54, 1.807) is 6.92 Å². The molecule has 2 unspecified atom stereocenters. The van der Waals surface area contributed by atoms with Crippen LogP contribution in [0.4, 0.5) is 0 Å².